The molecule has 1 heterocycles. The van der Waals surface area contributed by atoms with E-state index in [1.165, 1.54) is 135 Å². The number of fused-ring (bicyclic) bond motifs is 1. The maximum absolute atomic E-state index is 11.9. The van der Waals surface area contributed by atoms with E-state index in [1.807, 2.05) is 0 Å². The van der Waals surface area contributed by atoms with Gasteiger partial charge in [0.2, 0.25) is 0 Å². The SMILES string of the molecule is O=C(O)CCCCCCCCCC1CCC2CCCCCCCCCC(=O)OC(=O)CCCCCCCCCC2C1. The molecule has 1 saturated heterocycles. The van der Waals surface area contributed by atoms with Crippen molar-refractivity contribution < 1.29 is 24.2 Å². The largest absolute Gasteiger partial charge is 0.481 e. The average molecular weight is 577 g/mol. The van der Waals surface area contributed by atoms with E-state index in [2.05, 4.69) is 0 Å². The normalized spacial score (nSPS) is 25.6. The summed E-state index contributed by atoms with van der Waals surface area (Å²) in [5.41, 5.74) is 0. The zero-order chi connectivity index (χ0) is 29.4. The first-order valence-electron chi connectivity index (χ1n) is 18.0. The van der Waals surface area contributed by atoms with Crippen molar-refractivity contribution in [1.29, 1.82) is 0 Å². The number of ether oxygens (including phenoxy) is 1. The summed E-state index contributed by atoms with van der Waals surface area (Å²) in [6.45, 7) is 0. The van der Waals surface area contributed by atoms with Crippen LogP contribution in [0.25, 0.3) is 0 Å². The molecule has 1 saturated carbocycles. The molecule has 2 aliphatic rings. The molecule has 1 aliphatic carbocycles. The Morgan fingerprint density at radius 3 is 1.59 bits per heavy atom. The lowest BCUT2D eigenvalue weighted by Crippen LogP contribution is -2.25. The Bertz CT molecular complexity index is 689. The second-order valence-corrected chi connectivity index (χ2v) is 13.5. The van der Waals surface area contributed by atoms with Crippen LogP contribution in [0.5, 0.6) is 0 Å². The van der Waals surface area contributed by atoms with Crippen molar-refractivity contribution in [3.8, 4) is 0 Å². The van der Waals surface area contributed by atoms with Crippen molar-refractivity contribution in [3.63, 3.8) is 0 Å². The molecule has 0 aromatic heterocycles. The van der Waals surface area contributed by atoms with E-state index in [0.29, 0.717) is 19.3 Å². The van der Waals surface area contributed by atoms with E-state index >= 15 is 0 Å². The number of carboxylic acids is 1. The van der Waals surface area contributed by atoms with Crippen molar-refractivity contribution in [1.82, 2.24) is 0 Å². The maximum Gasteiger partial charge on any atom is 0.313 e. The number of rotatable bonds is 10. The molecule has 3 unspecified atom stereocenters. The van der Waals surface area contributed by atoms with Crippen LogP contribution in [0.15, 0.2) is 0 Å². The van der Waals surface area contributed by atoms with Gasteiger partial charge in [-0.2, -0.15) is 0 Å². The zero-order valence-corrected chi connectivity index (χ0v) is 26.5. The fraction of sp³-hybridized carbons (Fsp3) is 0.917. The van der Waals surface area contributed by atoms with Gasteiger partial charge in [0, 0.05) is 19.3 Å². The molecule has 0 radical (unpaired) electrons. The number of aliphatic carboxylic acids is 1. The molecule has 0 amide bonds. The molecule has 238 valence electrons. The third-order valence-electron chi connectivity index (χ3n) is 9.89. The molecule has 1 N–H and O–H groups in total. The number of cyclic esters (lactones) is 2. The minimum atomic E-state index is -0.660. The minimum Gasteiger partial charge on any atom is -0.481 e. The van der Waals surface area contributed by atoms with Gasteiger partial charge in [-0.15, -0.1) is 0 Å². The number of hydrogen-bond donors (Lipinski definition) is 1. The smallest absolute Gasteiger partial charge is 0.313 e. The molecule has 0 aromatic rings. The van der Waals surface area contributed by atoms with Gasteiger partial charge in [0.05, 0.1) is 0 Å². The Morgan fingerprint density at radius 1 is 0.561 bits per heavy atom. The van der Waals surface area contributed by atoms with Crippen molar-refractivity contribution in [2.45, 2.75) is 193 Å². The van der Waals surface area contributed by atoms with E-state index in [9.17, 15) is 14.4 Å². The van der Waals surface area contributed by atoms with Gasteiger partial charge in [-0.25, -0.2) is 0 Å². The highest BCUT2D eigenvalue weighted by molar-refractivity contribution is 5.85. The maximum atomic E-state index is 11.9. The van der Waals surface area contributed by atoms with Crippen LogP contribution in [0.3, 0.4) is 0 Å². The standard InChI is InChI=1S/C36H64O5/c37-34(38)25-19-13-7-1-4-10-16-22-31-28-29-32-23-17-11-5-2-8-14-20-26-35(39)41-36(40)27-21-15-9-3-6-12-18-24-33(32)30-31/h31-33H,1-30H2,(H,37,38). The highest BCUT2D eigenvalue weighted by Gasteiger charge is 2.29. The number of unbranched alkanes of at least 4 members (excludes halogenated alkanes) is 6. The summed E-state index contributed by atoms with van der Waals surface area (Å²) >= 11 is 0. The molecule has 1 aliphatic heterocycles. The third kappa shape index (κ3) is 19.4. The summed E-state index contributed by atoms with van der Waals surface area (Å²) in [5, 5.41) is 8.75. The van der Waals surface area contributed by atoms with Crippen LogP contribution in [-0.2, 0) is 19.1 Å². The molecule has 0 spiro atoms. The lowest BCUT2D eigenvalue weighted by atomic mass is 9.69. The monoisotopic (exact) mass is 576 g/mol. The lowest BCUT2D eigenvalue weighted by molar-refractivity contribution is -0.159. The molecular formula is C36H64O5. The number of carbonyl (C=O) groups excluding carboxylic acids is 2. The van der Waals surface area contributed by atoms with Gasteiger partial charge in [0.25, 0.3) is 0 Å². The highest BCUT2D eigenvalue weighted by atomic mass is 16.6. The van der Waals surface area contributed by atoms with E-state index in [4.69, 9.17) is 9.84 Å². The second kappa shape index (κ2) is 24.1. The third-order valence-corrected chi connectivity index (χ3v) is 9.89. The van der Waals surface area contributed by atoms with E-state index in [0.717, 1.165) is 56.3 Å². The fourth-order valence-electron chi connectivity index (χ4n) is 7.36. The van der Waals surface area contributed by atoms with Crippen LogP contribution < -0.4 is 0 Å². The van der Waals surface area contributed by atoms with Crippen LogP contribution in [0, 0.1) is 17.8 Å². The van der Waals surface area contributed by atoms with Gasteiger partial charge in [0.15, 0.2) is 0 Å². The predicted molar refractivity (Wildman–Crippen MR) is 168 cm³/mol. The number of carbonyl (C=O) groups is 3. The average Bonchev–Trinajstić information content (AvgIpc) is 2.94. The molecule has 2 fully saturated rings. The van der Waals surface area contributed by atoms with Gasteiger partial charge >= 0.3 is 17.9 Å². The Hall–Kier alpha value is -1.39. The lowest BCUT2D eigenvalue weighted by Gasteiger charge is -2.37. The summed E-state index contributed by atoms with van der Waals surface area (Å²) in [7, 11) is 0. The first-order valence-corrected chi connectivity index (χ1v) is 18.0. The summed E-state index contributed by atoms with van der Waals surface area (Å²) in [6, 6.07) is 0. The van der Waals surface area contributed by atoms with Crippen molar-refractivity contribution in [3.05, 3.63) is 0 Å². The Morgan fingerprint density at radius 2 is 1.02 bits per heavy atom. The summed E-state index contributed by atoms with van der Waals surface area (Å²) in [4.78, 5) is 34.4. The van der Waals surface area contributed by atoms with E-state index in [1.54, 1.807) is 0 Å². The number of carboxylic acid groups (broad SMARTS) is 1. The molecule has 3 atom stereocenters. The predicted octanol–water partition coefficient (Wildman–Crippen LogP) is 10.7. The topological polar surface area (TPSA) is 80.7 Å². The van der Waals surface area contributed by atoms with Gasteiger partial charge < -0.3 is 9.84 Å². The molecular weight excluding hydrogens is 512 g/mol. The molecule has 5 heteroatoms. The van der Waals surface area contributed by atoms with Crippen molar-refractivity contribution >= 4 is 17.9 Å². The Kier molecular flexibility index (Phi) is 21.0. The first kappa shape index (κ1) is 35.8. The van der Waals surface area contributed by atoms with Crippen LogP contribution in [0.1, 0.15) is 193 Å². The van der Waals surface area contributed by atoms with Gasteiger partial charge in [-0.05, 0) is 49.9 Å². The highest BCUT2D eigenvalue weighted by Crippen LogP contribution is 2.41. The van der Waals surface area contributed by atoms with Crippen LogP contribution in [-0.4, -0.2) is 23.0 Å². The van der Waals surface area contributed by atoms with Gasteiger partial charge in [0.1, 0.15) is 0 Å². The molecule has 0 bridgehead atoms. The number of esters is 2. The first-order chi connectivity index (χ1) is 20.0. The summed E-state index contributed by atoms with van der Waals surface area (Å²) < 4.78 is 4.99. The fourth-order valence-corrected chi connectivity index (χ4v) is 7.36. The summed E-state index contributed by atoms with van der Waals surface area (Å²) in [5.74, 6) is 1.49. The van der Waals surface area contributed by atoms with Crippen LogP contribution in [0.4, 0.5) is 0 Å². The van der Waals surface area contributed by atoms with Crippen LogP contribution in [0.2, 0.25) is 0 Å². The van der Waals surface area contributed by atoms with Gasteiger partial charge in [-0.3, -0.25) is 14.4 Å². The second-order valence-electron chi connectivity index (χ2n) is 13.5. The molecule has 2 rings (SSSR count). The van der Waals surface area contributed by atoms with Crippen LogP contribution >= 0.6 is 0 Å². The number of hydrogen-bond acceptors (Lipinski definition) is 4. The zero-order valence-electron chi connectivity index (χ0n) is 26.5. The summed E-state index contributed by atoms with van der Waals surface area (Å²) in [6.07, 6.45) is 34.8. The van der Waals surface area contributed by atoms with E-state index in [-0.39, 0.29) is 11.9 Å². The Balaban J connectivity index is 1.69. The minimum absolute atomic E-state index is 0.327. The molecule has 5 nitrogen and oxygen atoms in total. The quantitative estimate of drug-likeness (QED) is 0.159. The molecule has 41 heavy (non-hydrogen) atoms. The van der Waals surface area contributed by atoms with Crippen molar-refractivity contribution in [2.75, 3.05) is 0 Å². The van der Waals surface area contributed by atoms with Crippen molar-refractivity contribution in [2.24, 2.45) is 17.8 Å². The Labute approximate surface area is 252 Å². The van der Waals surface area contributed by atoms with Gasteiger partial charge in [-0.1, -0.05) is 141 Å². The molecule has 0 aromatic carbocycles. The van der Waals surface area contributed by atoms with E-state index < -0.39 is 5.97 Å².